The van der Waals surface area contributed by atoms with E-state index in [0.29, 0.717) is 5.69 Å². The van der Waals surface area contributed by atoms with Gasteiger partial charge in [-0.2, -0.15) is 4.31 Å². The summed E-state index contributed by atoms with van der Waals surface area (Å²) in [6.07, 6.45) is 0. The van der Waals surface area contributed by atoms with E-state index >= 15 is 0 Å². The van der Waals surface area contributed by atoms with Gasteiger partial charge in [0.25, 0.3) is 0 Å². The molecule has 5 nitrogen and oxygen atoms in total. The van der Waals surface area contributed by atoms with Crippen LogP contribution in [-0.2, 0) is 14.8 Å². The molecule has 2 rings (SSSR count). The monoisotopic (exact) mass is 226 g/mol. The van der Waals surface area contributed by atoms with Gasteiger partial charge in [-0.15, -0.1) is 0 Å². The van der Waals surface area contributed by atoms with Crippen molar-refractivity contribution in [2.75, 3.05) is 18.9 Å². The second-order valence-corrected chi connectivity index (χ2v) is 5.32. The van der Waals surface area contributed by atoms with Gasteiger partial charge < -0.3 is 5.32 Å². The molecule has 1 aromatic rings. The standard InChI is InChI=1S/C9H10N2O3S/c1-11-6-9(12)10-7-4-2-3-5-8(7)15(11,13)14/h2-5H,6H2,1H3,(H,10,12). The predicted molar refractivity (Wildman–Crippen MR) is 54.9 cm³/mol. The second kappa shape index (κ2) is 3.32. The molecule has 0 unspecified atom stereocenters. The lowest BCUT2D eigenvalue weighted by Gasteiger charge is -2.12. The molecule has 1 aliphatic heterocycles. The highest BCUT2D eigenvalue weighted by atomic mass is 32.2. The number of amides is 1. The third-order valence-electron chi connectivity index (χ3n) is 2.22. The van der Waals surface area contributed by atoms with E-state index in [-0.39, 0.29) is 17.3 Å². The number of sulfonamides is 1. The fourth-order valence-corrected chi connectivity index (χ4v) is 2.71. The van der Waals surface area contributed by atoms with Crippen LogP contribution in [0.15, 0.2) is 29.2 Å². The number of para-hydroxylation sites is 1. The number of likely N-dealkylation sites (N-methyl/N-ethyl adjacent to an activating group) is 1. The summed E-state index contributed by atoms with van der Waals surface area (Å²) in [6.45, 7) is -0.156. The fraction of sp³-hybridized carbons (Fsp3) is 0.222. The molecule has 1 amide bonds. The van der Waals surface area contributed by atoms with Gasteiger partial charge in [0, 0.05) is 7.05 Å². The highest BCUT2D eigenvalue weighted by molar-refractivity contribution is 7.89. The van der Waals surface area contributed by atoms with E-state index in [1.165, 1.54) is 13.1 Å². The van der Waals surface area contributed by atoms with Gasteiger partial charge >= 0.3 is 0 Å². The zero-order valence-corrected chi connectivity index (χ0v) is 8.91. The molecule has 0 spiro atoms. The Morgan fingerprint density at radius 2 is 2.00 bits per heavy atom. The summed E-state index contributed by atoms with van der Waals surface area (Å²) in [5.74, 6) is -0.328. The average Bonchev–Trinajstić information content (AvgIpc) is 2.24. The van der Waals surface area contributed by atoms with Gasteiger partial charge in [0.05, 0.1) is 12.2 Å². The van der Waals surface area contributed by atoms with E-state index in [2.05, 4.69) is 5.32 Å². The van der Waals surface area contributed by atoms with Crippen LogP contribution in [0, 0.1) is 0 Å². The molecule has 1 N–H and O–H groups in total. The van der Waals surface area contributed by atoms with Crippen molar-refractivity contribution in [1.29, 1.82) is 0 Å². The van der Waals surface area contributed by atoms with Gasteiger partial charge in [-0.3, -0.25) is 4.79 Å². The molecular formula is C9H10N2O3S. The molecule has 0 aromatic heterocycles. The molecule has 0 saturated heterocycles. The van der Waals surface area contributed by atoms with Crippen molar-refractivity contribution in [1.82, 2.24) is 4.31 Å². The Morgan fingerprint density at radius 3 is 2.73 bits per heavy atom. The van der Waals surface area contributed by atoms with Gasteiger partial charge in [0.15, 0.2) is 0 Å². The molecule has 0 saturated carbocycles. The van der Waals surface area contributed by atoms with Crippen LogP contribution in [0.25, 0.3) is 0 Å². The number of nitrogens with zero attached hydrogens (tertiary/aromatic N) is 1. The van der Waals surface area contributed by atoms with Crippen LogP contribution in [0.2, 0.25) is 0 Å². The minimum atomic E-state index is -3.54. The number of nitrogens with one attached hydrogen (secondary N) is 1. The number of anilines is 1. The Balaban J connectivity index is 2.68. The summed E-state index contributed by atoms with van der Waals surface area (Å²) in [4.78, 5) is 11.5. The average molecular weight is 226 g/mol. The van der Waals surface area contributed by atoms with Crippen LogP contribution in [0.5, 0.6) is 0 Å². The first-order valence-corrected chi connectivity index (χ1v) is 5.81. The van der Waals surface area contributed by atoms with Crippen LogP contribution in [-0.4, -0.2) is 32.2 Å². The molecule has 1 aromatic carbocycles. The van der Waals surface area contributed by atoms with Crippen molar-refractivity contribution < 1.29 is 13.2 Å². The molecule has 1 heterocycles. The normalized spacial score (nSPS) is 20.2. The number of hydrogen-bond donors (Lipinski definition) is 1. The highest BCUT2D eigenvalue weighted by Gasteiger charge is 2.29. The van der Waals surface area contributed by atoms with Crippen molar-refractivity contribution in [3.8, 4) is 0 Å². The van der Waals surface area contributed by atoms with Crippen LogP contribution in [0.1, 0.15) is 0 Å². The number of fused-ring (bicyclic) bond motifs is 1. The van der Waals surface area contributed by atoms with Crippen molar-refractivity contribution in [2.24, 2.45) is 0 Å². The molecule has 15 heavy (non-hydrogen) atoms. The van der Waals surface area contributed by atoms with Crippen LogP contribution in [0.3, 0.4) is 0 Å². The Labute approximate surface area is 87.8 Å². The maximum absolute atomic E-state index is 11.9. The summed E-state index contributed by atoms with van der Waals surface area (Å²) >= 11 is 0. The molecular weight excluding hydrogens is 216 g/mol. The molecule has 80 valence electrons. The van der Waals surface area contributed by atoms with Crippen molar-refractivity contribution >= 4 is 21.6 Å². The Kier molecular flexibility index (Phi) is 2.24. The molecule has 0 radical (unpaired) electrons. The van der Waals surface area contributed by atoms with Crippen LogP contribution < -0.4 is 5.32 Å². The molecule has 0 atom stereocenters. The number of hydrogen-bond acceptors (Lipinski definition) is 3. The Hall–Kier alpha value is -1.40. The van der Waals surface area contributed by atoms with Crippen LogP contribution >= 0.6 is 0 Å². The van der Waals surface area contributed by atoms with Crippen molar-refractivity contribution in [2.45, 2.75) is 4.90 Å². The van der Waals surface area contributed by atoms with Gasteiger partial charge in [-0.1, -0.05) is 12.1 Å². The summed E-state index contributed by atoms with van der Waals surface area (Å²) in [5, 5.41) is 2.55. The molecule has 6 heteroatoms. The summed E-state index contributed by atoms with van der Waals surface area (Å²) in [7, 11) is -2.15. The van der Waals surface area contributed by atoms with Crippen molar-refractivity contribution in [3.63, 3.8) is 0 Å². The zero-order valence-electron chi connectivity index (χ0n) is 8.10. The molecule has 0 aliphatic carbocycles. The largest absolute Gasteiger partial charge is 0.324 e. The fourth-order valence-electron chi connectivity index (χ4n) is 1.44. The van der Waals surface area contributed by atoms with Gasteiger partial charge in [-0.05, 0) is 12.1 Å². The number of carbonyl (C=O) groups is 1. The topological polar surface area (TPSA) is 66.5 Å². The second-order valence-electron chi connectivity index (χ2n) is 3.31. The van der Waals surface area contributed by atoms with E-state index in [0.717, 1.165) is 4.31 Å². The van der Waals surface area contributed by atoms with E-state index in [4.69, 9.17) is 0 Å². The van der Waals surface area contributed by atoms with E-state index < -0.39 is 10.0 Å². The maximum Gasteiger partial charge on any atom is 0.245 e. The van der Waals surface area contributed by atoms with Crippen LogP contribution in [0.4, 0.5) is 5.69 Å². The van der Waals surface area contributed by atoms with Crippen molar-refractivity contribution in [3.05, 3.63) is 24.3 Å². The smallest absolute Gasteiger partial charge is 0.245 e. The van der Waals surface area contributed by atoms with E-state index in [9.17, 15) is 13.2 Å². The minimum absolute atomic E-state index is 0.137. The summed E-state index contributed by atoms with van der Waals surface area (Å²) in [5.41, 5.74) is 0.340. The first kappa shape index (κ1) is 10.1. The lowest BCUT2D eigenvalue weighted by atomic mass is 10.3. The Morgan fingerprint density at radius 1 is 1.33 bits per heavy atom. The summed E-state index contributed by atoms with van der Waals surface area (Å²) < 4.78 is 24.8. The lowest BCUT2D eigenvalue weighted by Crippen LogP contribution is -2.31. The third kappa shape index (κ3) is 1.62. The maximum atomic E-state index is 11.9. The quantitative estimate of drug-likeness (QED) is 0.690. The van der Waals surface area contributed by atoms with Gasteiger partial charge in [-0.25, -0.2) is 8.42 Å². The predicted octanol–water partition coefficient (Wildman–Crippen LogP) is 0.259. The summed E-state index contributed by atoms with van der Waals surface area (Å²) in [6, 6.07) is 6.36. The van der Waals surface area contributed by atoms with Gasteiger partial charge in [0.1, 0.15) is 4.90 Å². The number of rotatable bonds is 0. The zero-order chi connectivity index (χ0) is 11.1. The molecule has 0 bridgehead atoms. The Bertz CT molecular complexity index is 510. The van der Waals surface area contributed by atoms with E-state index in [1.54, 1.807) is 18.2 Å². The first-order valence-electron chi connectivity index (χ1n) is 4.37. The number of benzene rings is 1. The van der Waals surface area contributed by atoms with E-state index in [1.807, 2.05) is 0 Å². The third-order valence-corrected chi connectivity index (χ3v) is 4.08. The van der Waals surface area contributed by atoms with Gasteiger partial charge in [0.2, 0.25) is 15.9 Å². The first-order chi connectivity index (χ1) is 7.01. The SMILES string of the molecule is CN1CC(=O)Nc2ccccc2S1(=O)=O. The highest BCUT2D eigenvalue weighted by Crippen LogP contribution is 2.25. The lowest BCUT2D eigenvalue weighted by molar-refractivity contribution is -0.116. The molecule has 1 aliphatic rings. The number of carbonyl (C=O) groups excluding carboxylic acids is 1. The molecule has 0 fully saturated rings. The minimum Gasteiger partial charge on any atom is -0.324 e.